The van der Waals surface area contributed by atoms with Crippen molar-refractivity contribution in [1.29, 1.82) is 0 Å². The molecule has 0 saturated heterocycles. The normalized spacial score (nSPS) is 21.3. The van der Waals surface area contributed by atoms with Crippen molar-refractivity contribution in [1.82, 2.24) is 19.9 Å². The predicted octanol–water partition coefficient (Wildman–Crippen LogP) is -0.195. The lowest BCUT2D eigenvalue weighted by molar-refractivity contribution is -0.132. The molecule has 0 bridgehead atoms. The van der Waals surface area contributed by atoms with E-state index in [2.05, 4.69) is 10.3 Å². The highest BCUT2D eigenvalue weighted by Crippen LogP contribution is 2.33. The Hall–Kier alpha value is -1.48. The van der Waals surface area contributed by atoms with Crippen LogP contribution in [0.2, 0.25) is 0 Å². The second kappa shape index (κ2) is 6.20. The first-order chi connectivity index (χ1) is 10.9. The molecule has 9 heteroatoms. The van der Waals surface area contributed by atoms with Gasteiger partial charge in [-0.25, -0.2) is 13.1 Å². The van der Waals surface area contributed by atoms with Crippen molar-refractivity contribution in [3.05, 3.63) is 11.4 Å². The zero-order valence-corrected chi connectivity index (χ0v) is 14.3. The van der Waals surface area contributed by atoms with Crippen molar-refractivity contribution >= 4 is 15.7 Å². The zero-order valence-electron chi connectivity index (χ0n) is 13.4. The summed E-state index contributed by atoms with van der Waals surface area (Å²) in [4.78, 5) is 13.9. The standard InChI is InChI=1S/C14H22N4O4S/c1-22-8-12-14-11(18(16-15-14)7-10-3-4-10)5-6-17(12)13(19)9-23(2,20)21/h10,12H,3-9H2,1-2H3. The van der Waals surface area contributed by atoms with Crippen molar-refractivity contribution in [2.45, 2.75) is 31.8 Å². The van der Waals surface area contributed by atoms with E-state index in [0.29, 0.717) is 18.9 Å². The smallest absolute Gasteiger partial charge is 0.238 e. The number of methoxy groups -OCH3 is 1. The van der Waals surface area contributed by atoms with E-state index in [1.807, 2.05) is 4.68 Å². The van der Waals surface area contributed by atoms with Gasteiger partial charge in [0.2, 0.25) is 5.91 Å². The number of carbonyl (C=O) groups is 1. The van der Waals surface area contributed by atoms with Gasteiger partial charge in [-0.1, -0.05) is 5.21 Å². The average molecular weight is 342 g/mol. The number of hydrogen-bond acceptors (Lipinski definition) is 6. The Morgan fingerprint density at radius 1 is 1.39 bits per heavy atom. The molecular weight excluding hydrogens is 320 g/mol. The quantitative estimate of drug-likeness (QED) is 0.711. The molecule has 1 aliphatic carbocycles. The van der Waals surface area contributed by atoms with E-state index in [4.69, 9.17) is 4.74 Å². The molecule has 1 atom stereocenters. The Kier molecular flexibility index (Phi) is 4.41. The van der Waals surface area contributed by atoms with Crippen molar-refractivity contribution in [2.24, 2.45) is 5.92 Å². The molecule has 0 N–H and O–H groups in total. The highest BCUT2D eigenvalue weighted by atomic mass is 32.2. The molecule has 1 fully saturated rings. The molecule has 1 aliphatic heterocycles. The topological polar surface area (TPSA) is 94.4 Å². The molecule has 2 heterocycles. The molecule has 1 saturated carbocycles. The van der Waals surface area contributed by atoms with E-state index in [1.165, 1.54) is 12.8 Å². The van der Waals surface area contributed by atoms with Crippen LogP contribution >= 0.6 is 0 Å². The summed E-state index contributed by atoms with van der Waals surface area (Å²) in [5, 5.41) is 8.49. The summed E-state index contributed by atoms with van der Waals surface area (Å²) in [6, 6.07) is -0.369. The van der Waals surface area contributed by atoms with Gasteiger partial charge in [0.1, 0.15) is 17.5 Å². The summed E-state index contributed by atoms with van der Waals surface area (Å²) in [5.41, 5.74) is 1.78. The number of carbonyl (C=O) groups excluding carboxylic acids is 1. The molecule has 1 aromatic heterocycles. The first-order valence-corrected chi connectivity index (χ1v) is 9.83. The SMILES string of the molecule is COCC1c2nnn(CC3CC3)c2CCN1C(=O)CS(C)(=O)=O. The second-order valence-corrected chi connectivity index (χ2v) is 8.57. The summed E-state index contributed by atoms with van der Waals surface area (Å²) >= 11 is 0. The van der Waals surface area contributed by atoms with Crippen LogP contribution in [-0.2, 0) is 32.3 Å². The molecule has 1 aromatic rings. The van der Waals surface area contributed by atoms with Gasteiger partial charge in [-0.05, 0) is 18.8 Å². The summed E-state index contributed by atoms with van der Waals surface area (Å²) in [5.74, 6) is -0.206. The summed E-state index contributed by atoms with van der Waals surface area (Å²) in [7, 11) is -1.81. The number of ether oxygens (including phenoxy) is 1. The Morgan fingerprint density at radius 3 is 2.74 bits per heavy atom. The zero-order chi connectivity index (χ0) is 16.6. The molecule has 0 aromatic carbocycles. The van der Waals surface area contributed by atoms with E-state index >= 15 is 0 Å². The number of fused-ring (bicyclic) bond motifs is 1. The minimum absolute atomic E-state index is 0.282. The lowest BCUT2D eigenvalue weighted by Gasteiger charge is -2.34. The third-order valence-electron chi connectivity index (χ3n) is 4.31. The van der Waals surface area contributed by atoms with Gasteiger partial charge in [0.15, 0.2) is 9.84 Å². The molecule has 2 aliphatic rings. The van der Waals surface area contributed by atoms with Crippen molar-refractivity contribution in [3.8, 4) is 0 Å². The maximum Gasteiger partial charge on any atom is 0.238 e. The van der Waals surface area contributed by atoms with Crippen LogP contribution in [0.15, 0.2) is 0 Å². The third-order valence-corrected chi connectivity index (χ3v) is 5.08. The molecule has 8 nitrogen and oxygen atoms in total. The van der Waals surface area contributed by atoms with Crippen LogP contribution in [0.3, 0.4) is 0 Å². The molecule has 0 spiro atoms. The molecular formula is C14H22N4O4S. The van der Waals surface area contributed by atoms with E-state index in [1.54, 1.807) is 12.0 Å². The second-order valence-electron chi connectivity index (χ2n) is 6.43. The molecule has 3 rings (SSSR count). The number of aromatic nitrogens is 3. The van der Waals surface area contributed by atoms with Gasteiger partial charge >= 0.3 is 0 Å². The minimum Gasteiger partial charge on any atom is -0.382 e. The van der Waals surface area contributed by atoms with Crippen LogP contribution in [0.25, 0.3) is 0 Å². The van der Waals surface area contributed by atoms with Gasteiger partial charge in [0.05, 0.1) is 12.3 Å². The molecule has 1 unspecified atom stereocenters. The average Bonchev–Trinajstić information content (AvgIpc) is 3.17. The maximum absolute atomic E-state index is 12.3. The summed E-state index contributed by atoms with van der Waals surface area (Å²) < 4.78 is 30.0. The monoisotopic (exact) mass is 342 g/mol. The van der Waals surface area contributed by atoms with Gasteiger partial charge in [-0.2, -0.15) is 0 Å². The lowest BCUT2D eigenvalue weighted by Crippen LogP contribution is -2.44. The van der Waals surface area contributed by atoms with Crippen LogP contribution in [0, 0.1) is 5.92 Å². The number of sulfone groups is 1. The number of rotatable bonds is 6. The summed E-state index contributed by atoms with van der Waals surface area (Å²) in [6.45, 7) is 1.62. The minimum atomic E-state index is -3.36. The molecule has 0 radical (unpaired) electrons. The van der Waals surface area contributed by atoms with Crippen LogP contribution < -0.4 is 0 Å². The van der Waals surface area contributed by atoms with E-state index in [0.717, 1.165) is 24.2 Å². The Bertz CT molecular complexity index is 696. The van der Waals surface area contributed by atoms with Gasteiger partial charge in [-0.15, -0.1) is 5.10 Å². The fourth-order valence-electron chi connectivity index (χ4n) is 3.02. The number of amides is 1. The lowest BCUT2D eigenvalue weighted by atomic mass is 10.0. The van der Waals surface area contributed by atoms with E-state index in [9.17, 15) is 13.2 Å². The Labute approximate surface area is 135 Å². The first kappa shape index (κ1) is 16.4. The van der Waals surface area contributed by atoms with Gasteiger partial charge in [-0.3, -0.25) is 4.79 Å². The molecule has 128 valence electrons. The fourth-order valence-corrected chi connectivity index (χ4v) is 3.63. The molecule has 23 heavy (non-hydrogen) atoms. The first-order valence-electron chi connectivity index (χ1n) is 7.77. The van der Waals surface area contributed by atoms with Gasteiger partial charge in [0, 0.05) is 32.9 Å². The number of nitrogens with zero attached hydrogens (tertiary/aromatic N) is 4. The number of hydrogen-bond donors (Lipinski definition) is 0. The fraction of sp³-hybridized carbons (Fsp3) is 0.786. The predicted molar refractivity (Wildman–Crippen MR) is 82.5 cm³/mol. The van der Waals surface area contributed by atoms with Crippen LogP contribution in [0.5, 0.6) is 0 Å². The van der Waals surface area contributed by atoms with Gasteiger partial charge in [0.25, 0.3) is 0 Å². The van der Waals surface area contributed by atoms with Crippen LogP contribution in [-0.4, -0.2) is 66.5 Å². The highest BCUT2D eigenvalue weighted by molar-refractivity contribution is 7.91. The Balaban J connectivity index is 1.83. The van der Waals surface area contributed by atoms with Crippen molar-refractivity contribution in [2.75, 3.05) is 32.3 Å². The van der Waals surface area contributed by atoms with E-state index in [-0.39, 0.29) is 12.6 Å². The largest absolute Gasteiger partial charge is 0.382 e. The van der Waals surface area contributed by atoms with Gasteiger partial charge < -0.3 is 9.64 Å². The highest BCUT2D eigenvalue weighted by Gasteiger charge is 2.36. The summed E-state index contributed by atoms with van der Waals surface area (Å²) in [6.07, 6.45) is 4.17. The maximum atomic E-state index is 12.3. The molecule has 1 amide bonds. The van der Waals surface area contributed by atoms with Crippen molar-refractivity contribution in [3.63, 3.8) is 0 Å². The van der Waals surface area contributed by atoms with Crippen LogP contribution in [0.1, 0.15) is 30.3 Å². The Morgan fingerprint density at radius 2 is 2.13 bits per heavy atom. The van der Waals surface area contributed by atoms with Crippen molar-refractivity contribution < 1.29 is 17.9 Å². The van der Waals surface area contributed by atoms with Crippen LogP contribution in [0.4, 0.5) is 0 Å². The third kappa shape index (κ3) is 3.72. The van der Waals surface area contributed by atoms with E-state index < -0.39 is 21.5 Å².